The minimum absolute atomic E-state index is 0.163. The molecule has 3 aromatic rings. The zero-order valence-electron chi connectivity index (χ0n) is 17.0. The number of para-hydroxylation sites is 1. The van der Waals surface area contributed by atoms with Gasteiger partial charge in [0.15, 0.2) is 0 Å². The summed E-state index contributed by atoms with van der Waals surface area (Å²) in [6.45, 7) is 2.88. The number of benzene rings is 2. The van der Waals surface area contributed by atoms with E-state index in [1.54, 1.807) is 35.6 Å². The summed E-state index contributed by atoms with van der Waals surface area (Å²) in [6, 6.07) is 14.6. The van der Waals surface area contributed by atoms with Crippen LogP contribution in [-0.4, -0.2) is 36.7 Å². The number of anilines is 1. The van der Waals surface area contributed by atoms with Gasteiger partial charge in [0.05, 0.1) is 16.8 Å². The third-order valence-electron chi connectivity index (χ3n) is 5.47. The minimum Gasteiger partial charge on any atom is -0.326 e. The van der Waals surface area contributed by atoms with Crippen LogP contribution < -0.4 is 5.32 Å². The molecule has 7 heteroatoms. The van der Waals surface area contributed by atoms with Crippen molar-refractivity contribution in [1.82, 2.24) is 9.29 Å². The molecule has 156 valence electrons. The molecule has 0 radical (unpaired) electrons. The highest BCUT2D eigenvalue weighted by Crippen LogP contribution is 2.26. The molecule has 6 nitrogen and oxygen atoms in total. The highest BCUT2D eigenvalue weighted by molar-refractivity contribution is 7.89. The highest BCUT2D eigenvalue weighted by atomic mass is 32.2. The molecule has 0 unspecified atom stereocenters. The molecule has 0 saturated carbocycles. The van der Waals surface area contributed by atoms with Gasteiger partial charge in [-0.15, -0.1) is 0 Å². The largest absolute Gasteiger partial charge is 0.326 e. The van der Waals surface area contributed by atoms with E-state index in [4.69, 9.17) is 0 Å². The van der Waals surface area contributed by atoms with Crippen LogP contribution in [0.2, 0.25) is 0 Å². The Balaban J connectivity index is 1.55. The predicted molar refractivity (Wildman–Crippen MR) is 118 cm³/mol. The van der Waals surface area contributed by atoms with Gasteiger partial charge in [-0.25, -0.2) is 8.42 Å². The van der Waals surface area contributed by atoms with E-state index in [9.17, 15) is 13.2 Å². The van der Waals surface area contributed by atoms with Crippen molar-refractivity contribution in [3.05, 3.63) is 65.9 Å². The van der Waals surface area contributed by atoms with E-state index in [1.165, 1.54) is 0 Å². The maximum atomic E-state index is 13.1. The first kappa shape index (κ1) is 20.5. The first-order chi connectivity index (χ1) is 14.4. The quantitative estimate of drug-likeness (QED) is 0.675. The lowest BCUT2D eigenvalue weighted by atomic mass is 10.1. The zero-order chi connectivity index (χ0) is 21.1. The first-order valence-corrected chi connectivity index (χ1v) is 11.6. The zero-order valence-corrected chi connectivity index (χ0v) is 17.8. The molecule has 2 heterocycles. The second-order valence-corrected chi connectivity index (χ2v) is 9.57. The normalized spacial score (nSPS) is 15.2. The molecule has 2 aromatic carbocycles. The summed E-state index contributed by atoms with van der Waals surface area (Å²) in [5, 5.41) is 3.83. The fraction of sp³-hybridized carbons (Fsp3) is 0.304. The fourth-order valence-corrected chi connectivity index (χ4v) is 5.66. The van der Waals surface area contributed by atoms with E-state index < -0.39 is 10.0 Å². The number of hydrogen-bond acceptors (Lipinski definition) is 4. The minimum atomic E-state index is -3.57. The molecule has 0 bridgehead atoms. The van der Waals surface area contributed by atoms with Gasteiger partial charge in [0.2, 0.25) is 15.9 Å². The van der Waals surface area contributed by atoms with Crippen LogP contribution in [0.4, 0.5) is 5.69 Å². The van der Waals surface area contributed by atoms with Gasteiger partial charge in [0, 0.05) is 30.4 Å². The van der Waals surface area contributed by atoms with E-state index in [0.717, 1.165) is 35.7 Å². The maximum absolute atomic E-state index is 13.1. The number of rotatable bonds is 5. The SMILES string of the molecule is Cc1ccc(NC(=O)Cc2cccc3cccnc23)cc1S(=O)(=O)N1CCCCC1. The van der Waals surface area contributed by atoms with Crippen molar-refractivity contribution in [2.24, 2.45) is 0 Å². The summed E-state index contributed by atoms with van der Waals surface area (Å²) < 4.78 is 27.7. The van der Waals surface area contributed by atoms with Gasteiger partial charge in [0.25, 0.3) is 0 Å². The number of aromatic nitrogens is 1. The van der Waals surface area contributed by atoms with Crippen LogP contribution in [0.25, 0.3) is 10.9 Å². The fourth-order valence-electron chi connectivity index (χ4n) is 3.89. The number of hydrogen-bond donors (Lipinski definition) is 1. The number of nitrogens with zero attached hydrogens (tertiary/aromatic N) is 2. The molecule has 30 heavy (non-hydrogen) atoms. The monoisotopic (exact) mass is 423 g/mol. The van der Waals surface area contributed by atoms with Gasteiger partial charge in [-0.3, -0.25) is 9.78 Å². The summed E-state index contributed by atoms with van der Waals surface area (Å²) in [6.07, 6.45) is 4.70. The van der Waals surface area contributed by atoms with Crippen LogP contribution in [0.5, 0.6) is 0 Å². The Morgan fingerprint density at radius 3 is 2.63 bits per heavy atom. The number of nitrogens with one attached hydrogen (secondary N) is 1. The molecular weight excluding hydrogens is 398 g/mol. The van der Waals surface area contributed by atoms with Crippen molar-refractivity contribution in [3.8, 4) is 0 Å². The summed E-state index contributed by atoms with van der Waals surface area (Å²) in [5.74, 6) is -0.210. The van der Waals surface area contributed by atoms with Crippen LogP contribution in [0.1, 0.15) is 30.4 Å². The summed E-state index contributed by atoms with van der Waals surface area (Å²) >= 11 is 0. The lowest BCUT2D eigenvalue weighted by Gasteiger charge is -2.26. The molecule has 0 aliphatic carbocycles. The number of carbonyl (C=O) groups is 1. The van der Waals surface area contributed by atoms with E-state index in [1.807, 2.05) is 30.3 Å². The van der Waals surface area contributed by atoms with Crippen molar-refractivity contribution in [1.29, 1.82) is 0 Å². The molecule has 1 N–H and O–H groups in total. The lowest BCUT2D eigenvalue weighted by Crippen LogP contribution is -2.36. The molecular formula is C23H25N3O3S. The number of carbonyl (C=O) groups excluding carboxylic acids is 1. The molecule has 1 aromatic heterocycles. The van der Waals surface area contributed by atoms with Gasteiger partial charge in [-0.1, -0.05) is 36.8 Å². The maximum Gasteiger partial charge on any atom is 0.243 e. The first-order valence-electron chi connectivity index (χ1n) is 10.2. The van der Waals surface area contributed by atoms with Gasteiger partial charge in [0.1, 0.15) is 0 Å². The van der Waals surface area contributed by atoms with Crippen molar-refractivity contribution >= 4 is 32.5 Å². The molecule has 1 amide bonds. The molecule has 4 rings (SSSR count). The molecule has 1 fully saturated rings. The number of fused-ring (bicyclic) bond motifs is 1. The molecule has 1 aliphatic heterocycles. The van der Waals surface area contributed by atoms with Crippen molar-refractivity contribution in [3.63, 3.8) is 0 Å². The number of sulfonamides is 1. The Bertz CT molecular complexity index is 1180. The molecule has 0 atom stereocenters. The second-order valence-electron chi connectivity index (χ2n) is 7.66. The Labute approximate surface area is 177 Å². The smallest absolute Gasteiger partial charge is 0.243 e. The van der Waals surface area contributed by atoms with E-state index in [0.29, 0.717) is 24.3 Å². The number of pyridine rings is 1. The Hall–Kier alpha value is -2.77. The summed E-state index contributed by atoms with van der Waals surface area (Å²) in [5.41, 5.74) is 2.79. The standard InChI is InChI=1S/C23H25N3O3S/c1-17-10-11-20(16-21(17)30(28,29)26-13-3-2-4-14-26)25-22(27)15-19-8-5-7-18-9-6-12-24-23(18)19/h5-12,16H,2-4,13-15H2,1H3,(H,25,27). The van der Waals surface area contributed by atoms with Gasteiger partial charge in [-0.2, -0.15) is 4.31 Å². The topological polar surface area (TPSA) is 79.4 Å². The van der Waals surface area contributed by atoms with E-state index >= 15 is 0 Å². The van der Waals surface area contributed by atoms with Crippen LogP contribution in [0.15, 0.2) is 59.6 Å². The van der Waals surface area contributed by atoms with Gasteiger partial charge < -0.3 is 5.32 Å². The molecule has 1 saturated heterocycles. The average Bonchev–Trinajstić information content (AvgIpc) is 2.76. The molecule has 1 aliphatic rings. The summed E-state index contributed by atoms with van der Waals surface area (Å²) in [4.78, 5) is 17.3. The van der Waals surface area contributed by atoms with Gasteiger partial charge >= 0.3 is 0 Å². The Morgan fingerprint density at radius 2 is 1.83 bits per heavy atom. The van der Waals surface area contributed by atoms with Crippen LogP contribution in [0.3, 0.4) is 0 Å². The lowest BCUT2D eigenvalue weighted by molar-refractivity contribution is -0.115. The van der Waals surface area contributed by atoms with Crippen LogP contribution in [0, 0.1) is 6.92 Å². The highest BCUT2D eigenvalue weighted by Gasteiger charge is 2.27. The number of piperidine rings is 1. The molecule has 0 spiro atoms. The third kappa shape index (κ3) is 4.22. The average molecular weight is 424 g/mol. The van der Waals surface area contributed by atoms with E-state index in [-0.39, 0.29) is 17.2 Å². The van der Waals surface area contributed by atoms with Crippen LogP contribution in [-0.2, 0) is 21.2 Å². The predicted octanol–water partition coefficient (Wildman–Crippen LogP) is 3.90. The van der Waals surface area contributed by atoms with E-state index in [2.05, 4.69) is 10.3 Å². The van der Waals surface area contributed by atoms with Crippen molar-refractivity contribution in [2.45, 2.75) is 37.5 Å². The Morgan fingerprint density at radius 1 is 1.07 bits per heavy atom. The number of amides is 1. The third-order valence-corrected chi connectivity index (χ3v) is 7.51. The number of aryl methyl sites for hydroxylation is 1. The Kier molecular flexibility index (Phi) is 5.83. The van der Waals surface area contributed by atoms with Crippen LogP contribution >= 0.6 is 0 Å². The second kappa shape index (κ2) is 8.53. The van der Waals surface area contributed by atoms with Gasteiger partial charge in [-0.05, 0) is 49.1 Å². The van der Waals surface area contributed by atoms with Crippen molar-refractivity contribution in [2.75, 3.05) is 18.4 Å². The summed E-state index contributed by atoms with van der Waals surface area (Å²) in [7, 11) is -3.57. The van der Waals surface area contributed by atoms with Crippen molar-refractivity contribution < 1.29 is 13.2 Å².